The Morgan fingerprint density at radius 1 is 1.33 bits per heavy atom. The predicted molar refractivity (Wildman–Crippen MR) is 60.8 cm³/mol. The first-order valence-corrected chi connectivity index (χ1v) is 6.17. The number of nitrogens with one attached hydrogen (secondary N) is 1. The summed E-state index contributed by atoms with van der Waals surface area (Å²) in [6, 6.07) is 9.48. The highest BCUT2D eigenvalue weighted by Gasteiger charge is 2.07. The molecule has 0 saturated carbocycles. The van der Waals surface area contributed by atoms with Gasteiger partial charge in [-0.25, -0.2) is 8.42 Å². The summed E-state index contributed by atoms with van der Waals surface area (Å²) in [7, 11) is -3.25. The van der Waals surface area contributed by atoms with E-state index in [-0.39, 0.29) is 5.75 Å². The van der Waals surface area contributed by atoms with Crippen LogP contribution in [0.15, 0.2) is 48.8 Å². The van der Waals surface area contributed by atoms with Gasteiger partial charge in [-0.1, -0.05) is 36.9 Å². The molecule has 80 valence electrons. The molecule has 0 bridgehead atoms. The van der Waals surface area contributed by atoms with E-state index in [9.17, 15) is 8.42 Å². The Balaban J connectivity index is 2.54. The van der Waals surface area contributed by atoms with Crippen LogP contribution >= 0.6 is 0 Å². The molecule has 0 unspecified atom stereocenters. The molecule has 1 N–H and O–H groups in total. The highest BCUT2D eigenvalue weighted by atomic mass is 32.2. The molecule has 15 heavy (non-hydrogen) atoms. The lowest BCUT2D eigenvalue weighted by atomic mass is 10.2. The van der Waals surface area contributed by atoms with Crippen molar-refractivity contribution in [3.8, 4) is 0 Å². The number of aryl methyl sites for hydroxylation is 1. The lowest BCUT2D eigenvalue weighted by molar-refractivity contribution is 0.590. The molecule has 0 heterocycles. The third-order valence-corrected chi connectivity index (χ3v) is 3.06. The van der Waals surface area contributed by atoms with Gasteiger partial charge in [0.1, 0.15) is 0 Å². The zero-order chi connectivity index (χ0) is 11.1. The second-order valence-electron chi connectivity index (χ2n) is 3.02. The topological polar surface area (TPSA) is 46.2 Å². The van der Waals surface area contributed by atoms with Crippen molar-refractivity contribution in [2.45, 2.75) is 6.42 Å². The maximum Gasteiger partial charge on any atom is 0.233 e. The summed E-state index contributed by atoms with van der Waals surface area (Å²) in [5, 5.41) is 0. The van der Waals surface area contributed by atoms with Gasteiger partial charge < -0.3 is 0 Å². The summed E-state index contributed by atoms with van der Waals surface area (Å²) in [6.45, 7) is 3.27. The predicted octanol–water partition coefficient (Wildman–Crippen LogP) is 1.45. The van der Waals surface area contributed by atoms with E-state index in [0.717, 1.165) is 5.56 Å². The first-order chi connectivity index (χ1) is 7.14. The molecular formula is C11H13NO2S. The number of sulfonamides is 1. The third kappa shape index (κ3) is 4.49. The monoisotopic (exact) mass is 223 g/mol. The van der Waals surface area contributed by atoms with Crippen molar-refractivity contribution in [3.05, 3.63) is 54.4 Å². The minimum absolute atomic E-state index is 0.0647. The largest absolute Gasteiger partial charge is 0.283 e. The standard InChI is InChI=1S/C11H13NO2S/c1-2-9-12-15(13,14)10-8-11-6-4-3-5-7-11/h3-7,9,12H,1,8,10H2. The van der Waals surface area contributed by atoms with Gasteiger partial charge in [0.15, 0.2) is 0 Å². The minimum Gasteiger partial charge on any atom is -0.283 e. The number of hydrogen-bond acceptors (Lipinski definition) is 2. The van der Waals surface area contributed by atoms with Crippen LogP contribution in [0.4, 0.5) is 0 Å². The second kappa shape index (κ2) is 5.39. The average molecular weight is 223 g/mol. The van der Waals surface area contributed by atoms with Gasteiger partial charge in [0.05, 0.1) is 12.0 Å². The van der Waals surface area contributed by atoms with E-state index in [1.807, 2.05) is 30.3 Å². The quantitative estimate of drug-likeness (QED) is 0.768. The summed E-state index contributed by atoms with van der Waals surface area (Å²) in [5.74, 6) is 0.0647. The Kier molecular flexibility index (Phi) is 4.16. The van der Waals surface area contributed by atoms with Gasteiger partial charge in [-0.05, 0) is 12.0 Å². The smallest absolute Gasteiger partial charge is 0.233 e. The number of rotatable bonds is 5. The highest BCUT2D eigenvalue weighted by Crippen LogP contribution is 2.01. The fraction of sp³-hybridized carbons (Fsp3) is 0.182. The second-order valence-corrected chi connectivity index (χ2v) is 4.89. The van der Waals surface area contributed by atoms with Crippen LogP contribution in [-0.4, -0.2) is 14.2 Å². The molecule has 4 heteroatoms. The summed E-state index contributed by atoms with van der Waals surface area (Å²) in [4.78, 5) is 0. The summed E-state index contributed by atoms with van der Waals surface area (Å²) in [6.07, 6.45) is 1.70. The molecule has 1 aromatic rings. The van der Waals surface area contributed by atoms with Gasteiger partial charge in [0.25, 0.3) is 0 Å². The van der Waals surface area contributed by atoms with Gasteiger partial charge in [0.2, 0.25) is 10.0 Å². The van der Waals surface area contributed by atoms with E-state index in [0.29, 0.717) is 6.42 Å². The Morgan fingerprint density at radius 3 is 2.60 bits per heavy atom. The van der Waals surface area contributed by atoms with E-state index in [1.54, 1.807) is 0 Å². The minimum atomic E-state index is -3.25. The van der Waals surface area contributed by atoms with Gasteiger partial charge in [-0.2, -0.15) is 0 Å². The van der Waals surface area contributed by atoms with Gasteiger partial charge in [0, 0.05) is 0 Å². The maximum atomic E-state index is 11.4. The van der Waals surface area contributed by atoms with E-state index < -0.39 is 10.0 Å². The summed E-state index contributed by atoms with van der Waals surface area (Å²) in [5.41, 5.74) is 3.36. The van der Waals surface area contributed by atoms with Crippen LogP contribution in [0.25, 0.3) is 0 Å². The van der Waals surface area contributed by atoms with Crippen molar-refractivity contribution in [3.63, 3.8) is 0 Å². The van der Waals surface area contributed by atoms with Crippen molar-refractivity contribution in [2.24, 2.45) is 0 Å². The molecule has 0 amide bonds. The average Bonchev–Trinajstić information content (AvgIpc) is 2.25. The third-order valence-electron chi connectivity index (χ3n) is 1.84. The maximum absolute atomic E-state index is 11.4. The molecule has 0 atom stereocenters. The first kappa shape index (κ1) is 11.6. The van der Waals surface area contributed by atoms with E-state index >= 15 is 0 Å². The van der Waals surface area contributed by atoms with E-state index in [1.165, 1.54) is 6.20 Å². The zero-order valence-electron chi connectivity index (χ0n) is 8.31. The van der Waals surface area contributed by atoms with Crippen LogP contribution in [-0.2, 0) is 16.4 Å². The van der Waals surface area contributed by atoms with Crippen LogP contribution in [0.5, 0.6) is 0 Å². The Morgan fingerprint density at radius 2 is 2.00 bits per heavy atom. The fourth-order valence-corrected chi connectivity index (χ4v) is 1.97. The molecule has 0 radical (unpaired) electrons. The van der Waals surface area contributed by atoms with Gasteiger partial charge >= 0.3 is 0 Å². The molecule has 0 aliphatic carbocycles. The molecule has 3 nitrogen and oxygen atoms in total. The molecule has 0 aromatic heterocycles. The van der Waals surface area contributed by atoms with Crippen LogP contribution in [0.2, 0.25) is 0 Å². The number of hydrogen-bond donors (Lipinski definition) is 1. The Bertz CT molecular complexity index is 445. The first-order valence-electron chi connectivity index (χ1n) is 4.52. The van der Waals surface area contributed by atoms with Crippen LogP contribution in [0.1, 0.15) is 5.56 Å². The van der Waals surface area contributed by atoms with Gasteiger partial charge in [-0.3, -0.25) is 4.72 Å². The number of benzene rings is 1. The van der Waals surface area contributed by atoms with Gasteiger partial charge in [-0.15, -0.1) is 5.73 Å². The molecule has 0 fully saturated rings. The SMILES string of the molecule is C=C=CNS(=O)(=O)CCc1ccccc1. The van der Waals surface area contributed by atoms with Crippen LogP contribution < -0.4 is 4.72 Å². The van der Waals surface area contributed by atoms with Crippen molar-refractivity contribution in [2.75, 3.05) is 5.75 Å². The fourth-order valence-electron chi connectivity index (χ4n) is 1.09. The van der Waals surface area contributed by atoms with E-state index in [4.69, 9.17) is 0 Å². The molecule has 0 aliphatic rings. The molecule has 0 aliphatic heterocycles. The molecule has 0 saturated heterocycles. The van der Waals surface area contributed by atoms with Crippen LogP contribution in [0.3, 0.4) is 0 Å². The Labute approximate surface area is 90.2 Å². The summed E-state index contributed by atoms with van der Waals surface area (Å²) >= 11 is 0. The van der Waals surface area contributed by atoms with Crippen molar-refractivity contribution >= 4 is 10.0 Å². The van der Waals surface area contributed by atoms with Crippen molar-refractivity contribution < 1.29 is 8.42 Å². The van der Waals surface area contributed by atoms with Crippen molar-refractivity contribution in [1.29, 1.82) is 0 Å². The van der Waals surface area contributed by atoms with Crippen LogP contribution in [0, 0.1) is 0 Å². The molecule has 1 aromatic carbocycles. The lowest BCUT2D eigenvalue weighted by Gasteiger charge is -2.02. The highest BCUT2D eigenvalue weighted by molar-refractivity contribution is 7.89. The van der Waals surface area contributed by atoms with E-state index in [2.05, 4.69) is 17.0 Å². The Hall–Kier alpha value is -1.51. The zero-order valence-corrected chi connectivity index (χ0v) is 9.13. The lowest BCUT2D eigenvalue weighted by Crippen LogP contribution is -2.22. The normalized spacial score (nSPS) is 10.4. The molecular weight excluding hydrogens is 210 g/mol. The molecule has 1 rings (SSSR count). The summed E-state index contributed by atoms with van der Waals surface area (Å²) < 4.78 is 25.0. The van der Waals surface area contributed by atoms with Crippen molar-refractivity contribution in [1.82, 2.24) is 4.72 Å². The molecule has 0 spiro atoms.